The summed E-state index contributed by atoms with van der Waals surface area (Å²) in [5, 5.41) is 9.00. The fourth-order valence-electron chi connectivity index (χ4n) is 2.75. The summed E-state index contributed by atoms with van der Waals surface area (Å²) in [6.45, 7) is 3.51. The number of halogens is 3. The van der Waals surface area contributed by atoms with Crippen LogP contribution in [0.2, 0.25) is 0 Å². The molecule has 1 aliphatic heterocycles. The number of nitrogens with zero attached hydrogens (tertiary/aromatic N) is 1. The van der Waals surface area contributed by atoms with Gasteiger partial charge in [-0.25, -0.2) is 0 Å². The molecule has 0 aliphatic carbocycles. The van der Waals surface area contributed by atoms with E-state index in [2.05, 4.69) is 0 Å². The van der Waals surface area contributed by atoms with Crippen LogP contribution in [0, 0.1) is 5.92 Å². The van der Waals surface area contributed by atoms with Crippen molar-refractivity contribution in [3.05, 3.63) is 35.4 Å². The number of carbonyl (C=O) groups excluding carboxylic acids is 1. The van der Waals surface area contributed by atoms with Crippen LogP contribution in [0.1, 0.15) is 31.4 Å². The highest BCUT2D eigenvalue weighted by Crippen LogP contribution is 2.34. The van der Waals surface area contributed by atoms with Gasteiger partial charge in [0.15, 0.2) is 0 Å². The van der Waals surface area contributed by atoms with Gasteiger partial charge in [-0.05, 0) is 31.9 Å². The van der Waals surface area contributed by atoms with E-state index in [-0.39, 0.29) is 18.0 Å². The van der Waals surface area contributed by atoms with Gasteiger partial charge in [0.2, 0.25) is 5.91 Å². The van der Waals surface area contributed by atoms with Crippen LogP contribution < -0.4 is 0 Å². The van der Waals surface area contributed by atoms with Crippen molar-refractivity contribution in [3.8, 4) is 0 Å². The van der Waals surface area contributed by atoms with E-state index in [0.29, 0.717) is 13.0 Å². The number of alkyl halides is 3. The summed E-state index contributed by atoms with van der Waals surface area (Å²) >= 11 is 0. The number of carbonyl (C=O) groups is 2. The smallest absolute Gasteiger partial charge is 0.416 e. The molecule has 1 heterocycles. The van der Waals surface area contributed by atoms with Gasteiger partial charge >= 0.3 is 12.1 Å². The quantitative estimate of drug-likeness (QED) is 0.928. The van der Waals surface area contributed by atoms with E-state index in [1.165, 1.54) is 17.0 Å². The first-order chi connectivity index (χ1) is 10.5. The molecule has 0 radical (unpaired) electrons. The normalized spacial score (nSPS) is 19.0. The Bertz CT molecular complexity index is 625. The molecule has 1 aromatic carbocycles. The second-order valence-electron chi connectivity index (χ2n) is 6.28. The van der Waals surface area contributed by atoms with Crippen molar-refractivity contribution < 1.29 is 27.9 Å². The first kappa shape index (κ1) is 17.3. The van der Waals surface area contributed by atoms with Gasteiger partial charge in [-0.2, -0.15) is 13.2 Å². The zero-order chi connectivity index (χ0) is 17.4. The average molecular weight is 329 g/mol. The van der Waals surface area contributed by atoms with Gasteiger partial charge in [-0.3, -0.25) is 9.59 Å². The maximum atomic E-state index is 12.8. The molecule has 1 saturated heterocycles. The first-order valence-corrected chi connectivity index (χ1v) is 7.23. The van der Waals surface area contributed by atoms with Gasteiger partial charge in [0, 0.05) is 13.1 Å². The molecule has 1 unspecified atom stereocenters. The Hall–Kier alpha value is -2.05. The van der Waals surface area contributed by atoms with E-state index in [1.54, 1.807) is 13.8 Å². The third kappa shape index (κ3) is 3.48. The van der Waals surface area contributed by atoms with Crippen LogP contribution in [0.25, 0.3) is 0 Å². The van der Waals surface area contributed by atoms with E-state index in [9.17, 15) is 22.8 Å². The van der Waals surface area contributed by atoms with E-state index in [0.717, 1.165) is 12.1 Å². The van der Waals surface area contributed by atoms with Gasteiger partial charge in [0.1, 0.15) is 0 Å². The third-order valence-corrected chi connectivity index (χ3v) is 4.27. The summed E-state index contributed by atoms with van der Waals surface area (Å²) in [5.41, 5.74) is -1.70. The van der Waals surface area contributed by atoms with Crippen molar-refractivity contribution in [1.82, 2.24) is 4.90 Å². The highest BCUT2D eigenvalue weighted by atomic mass is 19.4. The Morgan fingerprint density at radius 1 is 1.22 bits per heavy atom. The number of hydrogen-bond donors (Lipinski definition) is 1. The van der Waals surface area contributed by atoms with Gasteiger partial charge in [0.05, 0.1) is 16.9 Å². The SMILES string of the molecule is CC(C)(C(=O)N1CCC(C(=O)O)C1)c1cccc(C(F)(F)F)c1. The van der Waals surface area contributed by atoms with Crippen LogP contribution in [0.4, 0.5) is 13.2 Å². The first-order valence-electron chi connectivity index (χ1n) is 7.23. The largest absolute Gasteiger partial charge is 0.481 e. The van der Waals surface area contributed by atoms with Gasteiger partial charge in [-0.15, -0.1) is 0 Å². The minimum absolute atomic E-state index is 0.0938. The number of benzene rings is 1. The van der Waals surface area contributed by atoms with Gasteiger partial charge in [-0.1, -0.05) is 18.2 Å². The Morgan fingerprint density at radius 2 is 1.83 bits per heavy atom. The number of rotatable bonds is 3. The van der Waals surface area contributed by atoms with Crippen LogP contribution in [0.15, 0.2) is 24.3 Å². The molecule has 0 saturated carbocycles. The number of carboxylic acids is 1. The average Bonchev–Trinajstić information content (AvgIpc) is 2.95. The molecule has 0 spiro atoms. The Morgan fingerprint density at radius 3 is 2.35 bits per heavy atom. The molecule has 0 bridgehead atoms. The second-order valence-corrected chi connectivity index (χ2v) is 6.28. The summed E-state index contributed by atoms with van der Waals surface area (Å²) < 4.78 is 38.5. The monoisotopic (exact) mass is 329 g/mol. The molecule has 126 valence electrons. The van der Waals surface area contributed by atoms with Gasteiger partial charge < -0.3 is 10.0 Å². The molecule has 0 aromatic heterocycles. The van der Waals surface area contributed by atoms with Gasteiger partial charge in [0.25, 0.3) is 0 Å². The molecular weight excluding hydrogens is 311 g/mol. The number of amides is 1. The lowest BCUT2D eigenvalue weighted by atomic mass is 9.82. The van der Waals surface area contributed by atoms with Crippen LogP contribution in [0.3, 0.4) is 0 Å². The predicted octanol–water partition coefficient (Wildman–Crippen LogP) is 2.92. The molecule has 1 N–H and O–H groups in total. The van der Waals surface area contributed by atoms with Crippen LogP contribution in [-0.4, -0.2) is 35.0 Å². The van der Waals surface area contributed by atoms with E-state index in [1.807, 2.05) is 0 Å². The molecule has 7 heteroatoms. The van der Waals surface area contributed by atoms with Crippen molar-refractivity contribution >= 4 is 11.9 Å². The maximum absolute atomic E-state index is 12.8. The molecule has 1 aliphatic rings. The van der Waals surface area contributed by atoms with Crippen LogP contribution in [-0.2, 0) is 21.2 Å². The molecule has 1 aromatic rings. The van der Waals surface area contributed by atoms with Crippen molar-refractivity contribution in [2.45, 2.75) is 31.9 Å². The zero-order valence-electron chi connectivity index (χ0n) is 12.9. The number of likely N-dealkylation sites (tertiary alicyclic amines) is 1. The summed E-state index contributed by atoms with van der Waals surface area (Å²) in [5.74, 6) is -1.94. The fraction of sp³-hybridized carbons (Fsp3) is 0.500. The number of hydrogen-bond acceptors (Lipinski definition) is 2. The van der Waals surface area contributed by atoms with Crippen molar-refractivity contribution in [1.29, 1.82) is 0 Å². The standard InChI is InChI=1S/C16H18F3NO3/c1-15(2,11-4-3-5-12(8-11)16(17,18)19)14(23)20-7-6-10(9-20)13(21)22/h3-5,8,10H,6-7,9H2,1-2H3,(H,21,22). The van der Waals surface area contributed by atoms with Crippen LogP contribution >= 0.6 is 0 Å². The summed E-state index contributed by atoms with van der Waals surface area (Å²) in [7, 11) is 0. The lowest BCUT2D eigenvalue weighted by Crippen LogP contribution is -2.42. The van der Waals surface area contributed by atoms with Crippen molar-refractivity contribution in [2.75, 3.05) is 13.1 Å². The second kappa shape index (κ2) is 5.86. The molecule has 4 nitrogen and oxygen atoms in total. The number of carboxylic acid groups (broad SMARTS) is 1. The van der Waals surface area contributed by atoms with E-state index < -0.39 is 29.0 Å². The third-order valence-electron chi connectivity index (χ3n) is 4.27. The zero-order valence-corrected chi connectivity index (χ0v) is 12.9. The Labute approximate surface area is 131 Å². The van der Waals surface area contributed by atoms with E-state index in [4.69, 9.17) is 5.11 Å². The van der Waals surface area contributed by atoms with Crippen LogP contribution in [0.5, 0.6) is 0 Å². The lowest BCUT2D eigenvalue weighted by molar-refractivity contribution is -0.142. The highest BCUT2D eigenvalue weighted by molar-refractivity contribution is 5.88. The molecule has 1 amide bonds. The minimum atomic E-state index is -4.48. The molecule has 1 atom stereocenters. The lowest BCUT2D eigenvalue weighted by Gasteiger charge is -2.30. The van der Waals surface area contributed by atoms with Crippen molar-refractivity contribution in [2.24, 2.45) is 5.92 Å². The maximum Gasteiger partial charge on any atom is 0.416 e. The van der Waals surface area contributed by atoms with E-state index >= 15 is 0 Å². The summed E-state index contributed by atoms with van der Waals surface area (Å²) in [4.78, 5) is 25.0. The fourth-order valence-corrected chi connectivity index (χ4v) is 2.75. The Kier molecular flexibility index (Phi) is 4.41. The molecule has 1 fully saturated rings. The molecule has 23 heavy (non-hydrogen) atoms. The molecule has 2 rings (SSSR count). The topological polar surface area (TPSA) is 57.6 Å². The predicted molar refractivity (Wildman–Crippen MR) is 76.8 cm³/mol. The number of aliphatic carboxylic acids is 1. The van der Waals surface area contributed by atoms with Crippen molar-refractivity contribution in [3.63, 3.8) is 0 Å². The Balaban J connectivity index is 2.24. The highest BCUT2D eigenvalue weighted by Gasteiger charge is 2.40. The molecular formula is C16H18F3NO3. The minimum Gasteiger partial charge on any atom is -0.481 e. The summed E-state index contributed by atoms with van der Waals surface area (Å²) in [6, 6.07) is 4.69. The summed E-state index contributed by atoms with van der Waals surface area (Å²) in [6.07, 6.45) is -4.11.